The number of ether oxygens (including phenoxy) is 1. The average molecular weight is 656 g/mol. The fourth-order valence-corrected chi connectivity index (χ4v) is 6.10. The molecule has 0 unspecified atom stereocenters. The molecule has 4 heterocycles. The van der Waals surface area contributed by atoms with Gasteiger partial charge < -0.3 is 25.8 Å². The Kier molecular flexibility index (Phi) is 10.1. The molecule has 11 nitrogen and oxygen atoms in total. The zero-order valence-electron chi connectivity index (χ0n) is 23.5. The van der Waals surface area contributed by atoms with Crippen molar-refractivity contribution in [2.24, 2.45) is 0 Å². The number of aryl methyl sites for hydroxylation is 1. The number of carbonyl (C=O) groups is 3. The van der Waals surface area contributed by atoms with Gasteiger partial charge in [0.15, 0.2) is 5.01 Å². The minimum Gasteiger partial charge on any atom is -0.481 e. The number of halogens is 2. The summed E-state index contributed by atoms with van der Waals surface area (Å²) >= 11 is 14.7. The highest BCUT2D eigenvalue weighted by molar-refractivity contribution is 7.13. The van der Waals surface area contributed by atoms with E-state index in [1.54, 1.807) is 37.6 Å². The third-order valence-electron chi connectivity index (χ3n) is 6.92. The lowest BCUT2D eigenvalue weighted by atomic mass is 10.1. The molecule has 0 radical (unpaired) electrons. The number of methoxy groups -OCH3 is 1. The molecule has 1 aliphatic rings. The summed E-state index contributed by atoms with van der Waals surface area (Å²) in [5.41, 5.74) is 3.29. The van der Waals surface area contributed by atoms with Crippen LogP contribution in [0.4, 0.5) is 5.69 Å². The Morgan fingerprint density at radius 2 is 1.98 bits per heavy atom. The molecule has 0 bridgehead atoms. The molecule has 3 aromatic heterocycles. The van der Waals surface area contributed by atoms with E-state index in [2.05, 4.69) is 30.9 Å². The molecular formula is C30H28Cl2N6O5S. The maximum atomic E-state index is 12.9. The van der Waals surface area contributed by atoms with Gasteiger partial charge in [-0.3, -0.25) is 19.4 Å². The number of rotatable bonds is 12. The van der Waals surface area contributed by atoms with E-state index < -0.39 is 11.9 Å². The number of anilines is 1. The van der Waals surface area contributed by atoms with Crippen LogP contribution in [0.3, 0.4) is 0 Å². The Morgan fingerprint density at radius 1 is 1.14 bits per heavy atom. The van der Waals surface area contributed by atoms with Crippen LogP contribution in [-0.4, -0.2) is 57.5 Å². The van der Waals surface area contributed by atoms with Gasteiger partial charge in [0, 0.05) is 59.5 Å². The number of carbonyl (C=O) groups excluding carboxylic acids is 2. The van der Waals surface area contributed by atoms with E-state index in [4.69, 9.17) is 33.0 Å². The quantitative estimate of drug-likeness (QED) is 0.161. The number of amides is 2. The van der Waals surface area contributed by atoms with Crippen molar-refractivity contribution in [1.82, 2.24) is 25.6 Å². The predicted octanol–water partition coefficient (Wildman–Crippen LogP) is 5.22. The van der Waals surface area contributed by atoms with Crippen LogP contribution in [0.15, 0.2) is 48.8 Å². The molecule has 44 heavy (non-hydrogen) atoms. The lowest BCUT2D eigenvalue weighted by Crippen LogP contribution is -2.35. The number of aromatic nitrogens is 3. The van der Waals surface area contributed by atoms with E-state index in [9.17, 15) is 14.4 Å². The van der Waals surface area contributed by atoms with Crippen LogP contribution in [0.2, 0.25) is 10.0 Å². The standard InChI is InChI=1S/C30H28Cl2N6O5S/c1-43-29-16(13-33-14-17-6-9-23(39)36-17)5-8-21(38-29)19-11-12-34-27(26(19)32)20-3-2-4-22(25(20)31)37-28(42)30-35-15-18(44-30)7-10-24(40)41/h2-5,8,11-12,15,17,33H,6-7,9-10,13-14H2,1H3,(H,36,39)(H,37,42)(H,40,41)/t17-/m0/s1. The molecule has 1 fully saturated rings. The van der Waals surface area contributed by atoms with Gasteiger partial charge >= 0.3 is 5.97 Å². The fraction of sp³-hybridized carbons (Fsp3) is 0.267. The van der Waals surface area contributed by atoms with Crippen molar-refractivity contribution in [3.05, 3.63) is 74.3 Å². The largest absolute Gasteiger partial charge is 0.481 e. The number of nitrogens with one attached hydrogen (secondary N) is 3. The molecule has 0 spiro atoms. The van der Waals surface area contributed by atoms with Gasteiger partial charge in [0.1, 0.15) is 0 Å². The number of aliphatic carboxylic acids is 1. The van der Waals surface area contributed by atoms with Gasteiger partial charge in [0.25, 0.3) is 5.91 Å². The van der Waals surface area contributed by atoms with Gasteiger partial charge in [0.05, 0.1) is 40.7 Å². The van der Waals surface area contributed by atoms with Crippen molar-refractivity contribution in [3.63, 3.8) is 0 Å². The van der Waals surface area contributed by atoms with Crippen LogP contribution >= 0.6 is 34.5 Å². The van der Waals surface area contributed by atoms with E-state index in [-0.39, 0.29) is 28.4 Å². The zero-order valence-corrected chi connectivity index (χ0v) is 25.9. The summed E-state index contributed by atoms with van der Waals surface area (Å²) in [5.74, 6) is -0.873. The molecule has 5 rings (SSSR count). The van der Waals surface area contributed by atoms with Crippen LogP contribution in [-0.2, 0) is 22.6 Å². The van der Waals surface area contributed by atoms with Gasteiger partial charge in [0.2, 0.25) is 11.8 Å². The van der Waals surface area contributed by atoms with Crippen molar-refractivity contribution >= 4 is 58.0 Å². The van der Waals surface area contributed by atoms with E-state index in [1.807, 2.05) is 12.1 Å². The molecule has 1 saturated heterocycles. The monoisotopic (exact) mass is 654 g/mol. The number of carboxylic acids is 1. The topological polar surface area (TPSA) is 155 Å². The van der Waals surface area contributed by atoms with E-state index in [0.29, 0.717) is 69.9 Å². The lowest BCUT2D eigenvalue weighted by molar-refractivity contribution is -0.137. The average Bonchev–Trinajstić information content (AvgIpc) is 3.66. The summed E-state index contributed by atoms with van der Waals surface area (Å²) in [6.07, 6.45) is 4.71. The first-order valence-electron chi connectivity index (χ1n) is 13.7. The van der Waals surface area contributed by atoms with Crippen LogP contribution in [0, 0.1) is 0 Å². The molecule has 14 heteroatoms. The first-order chi connectivity index (χ1) is 21.2. The highest BCUT2D eigenvalue weighted by atomic mass is 35.5. The third-order valence-corrected chi connectivity index (χ3v) is 8.77. The van der Waals surface area contributed by atoms with Gasteiger partial charge in [-0.1, -0.05) is 41.4 Å². The Hall–Kier alpha value is -4.10. The highest BCUT2D eigenvalue weighted by Gasteiger charge is 2.21. The number of hydrogen-bond donors (Lipinski definition) is 4. The zero-order chi connectivity index (χ0) is 31.2. The second-order valence-corrected chi connectivity index (χ2v) is 11.8. The van der Waals surface area contributed by atoms with Crippen LogP contribution in [0.5, 0.6) is 5.88 Å². The second-order valence-electron chi connectivity index (χ2n) is 9.97. The molecule has 1 aliphatic heterocycles. The van der Waals surface area contributed by atoms with Gasteiger partial charge in [-0.05, 0) is 31.0 Å². The number of thiazole rings is 1. The van der Waals surface area contributed by atoms with E-state index >= 15 is 0 Å². The molecule has 1 aromatic carbocycles. The van der Waals surface area contributed by atoms with Crippen molar-refractivity contribution in [3.8, 4) is 28.4 Å². The van der Waals surface area contributed by atoms with Crippen molar-refractivity contribution < 1.29 is 24.2 Å². The number of benzene rings is 1. The number of hydrogen-bond acceptors (Lipinski definition) is 9. The maximum Gasteiger partial charge on any atom is 0.303 e. The van der Waals surface area contributed by atoms with Gasteiger partial charge in [-0.2, -0.15) is 0 Å². The SMILES string of the molecule is COc1nc(-c2ccnc(-c3cccc(NC(=O)c4ncc(CCC(=O)O)s4)c3Cl)c2Cl)ccc1CNC[C@@H]1CCC(=O)N1. The van der Waals surface area contributed by atoms with Crippen molar-refractivity contribution in [1.29, 1.82) is 0 Å². The summed E-state index contributed by atoms with van der Waals surface area (Å²) in [6, 6.07) is 10.7. The Labute approximate surface area is 267 Å². The molecule has 4 aromatic rings. The van der Waals surface area contributed by atoms with Crippen molar-refractivity contribution in [2.45, 2.75) is 38.3 Å². The Balaban J connectivity index is 1.33. The Bertz CT molecular complexity index is 1720. The lowest BCUT2D eigenvalue weighted by Gasteiger charge is -2.15. The molecule has 4 N–H and O–H groups in total. The van der Waals surface area contributed by atoms with Crippen LogP contribution < -0.4 is 20.7 Å². The van der Waals surface area contributed by atoms with Crippen LogP contribution in [0.25, 0.3) is 22.5 Å². The fourth-order valence-electron chi connectivity index (χ4n) is 4.72. The van der Waals surface area contributed by atoms with Gasteiger partial charge in [-0.15, -0.1) is 11.3 Å². The smallest absolute Gasteiger partial charge is 0.303 e. The molecule has 1 atom stereocenters. The maximum absolute atomic E-state index is 12.9. The highest BCUT2D eigenvalue weighted by Crippen LogP contribution is 2.40. The number of nitrogens with zero attached hydrogens (tertiary/aromatic N) is 3. The van der Waals surface area contributed by atoms with Crippen molar-refractivity contribution in [2.75, 3.05) is 19.0 Å². The molecule has 2 amide bonds. The Morgan fingerprint density at radius 3 is 2.73 bits per heavy atom. The minimum absolute atomic E-state index is 0.0457. The molecule has 0 saturated carbocycles. The normalized spacial score (nSPS) is 14.3. The van der Waals surface area contributed by atoms with Crippen LogP contribution in [0.1, 0.15) is 39.5 Å². The summed E-state index contributed by atoms with van der Waals surface area (Å²) in [6.45, 7) is 1.16. The molecule has 228 valence electrons. The number of pyridine rings is 2. The van der Waals surface area contributed by atoms with Gasteiger partial charge in [-0.25, -0.2) is 9.97 Å². The predicted molar refractivity (Wildman–Crippen MR) is 168 cm³/mol. The minimum atomic E-state index is -0.920. The summed E-state index contributed by atoms with van der Waals surface area (Å²) < 4.78 is 5.56. The summed E-state index contributed by atoms with van der Waals surface area (Å²) in [7, 11) is 1.55. The van der Waals surface area contributed by atoms with E-state index in [0.717, 1.165) is 23.3 Å². The number of carboxylic acid groups (broad SMARTS) is 1. The third kappa shape index (κ3) is 7.33. The molecule has 0 aliphatic carbocycles. The second kappa shape index (κ2) is 14.1. The first-order valence-corrected chi connectivity index (χ1v) is 15.3. The first kappa shape index (κ1) is 31.3. The summed E-state index contributed by atoms with van der Waals surface area (Å²) in [4.78, 5) is 49.1. The van der Waals surface area contributed by atoms with E-state index in [1.165, 1.54) is 6.20 Å². The molecular weight excluding hydrogens is 627 g/mol. The summed E-state index contributed by atoms with van der Waals surface area (Å²) in [5, 5.41) is 18.7.